The van der Waals surface area contributed by atoms with E-state index in [-0.39, 0.29) is 11.6 Å². The van der Waals surface area contributed by atoms with Gasteiger partial charge in [0, 0.05) is 11.1 Å². The van der Waals surface area contributed by atoms with Crippen molar-refractivity contribution in [1.82, 2.24) is 16.0 Å². The number of hydrogen-bond donors (Lipinski definition) is 3. The van der Waals surface area contributed by atoms with Crippen LogP contribution in [-0.4, -0.2) is 64.0 Å². The number of rotatable bonds is 29. The summed E-state index contributed by atoms with van der Waals surface area (Å²) in [5.74, 6) is 0.623. The Morgan fingerprint density at radius 3 is 1.34 bits per heavy atom. The van der Waals surface area contributed by atoms with Crippen molar-refractivity contribution in [3.63, 3.8) is 0 Å². The van der Waals surface area contributed by atoms with Crippen LogP contribution in [0.2, 0.25) is 0 Å². The lowest BCUT2D eigenvalue weighted by atomic mass is 9.83. The molecule has 0 spiro atoms. The molecule has 0 aliphatic heterocycles. The predicted molar refractivity (Wildman–Crippen MR) is 195 cm³/mol. The van der Waals surface area contributed by atoms with E-state index in [2.05, 4.69) is 29.8 Å². The highest BCUT2D eigenvalue weighted by atomic mass is 16.5. The number of ether oxygens (including phenoxy) is 2. The second-order valence-corrected chi connectivity index (χ2v) is 12.9. The Balaban J connectivity index is 1.39. The van der Waals surface area contributed by atoms with Crippen molar-refractivity contribution in [2.45, 2.75) is 117 Å². The summed E-state index contributed by atoms with van der Waals surface area (Å²) in [5, 5.41) is 10.5. The lowest BCUT2D eigenvalue weighted by molar-refractivity contribution is 0.0971. The molecule has 0 aromatic heterocycles. The highest BCUT2D eigenvalue weighted by molar-refractivity contribution is 6.30. The molecule has 262 valence electrons. The standard InChI is InChI=1S/C40H63N3O4/c1-3-5-6-7-8-9-10-11-12-18-31-46-35-23-24-36(38-37(35)39(44)33-21-13-14-22-34(33)40(38)45)47-32-19-17-28-43-30-20-29-42-27-16-15-26-41-25-4-2/h13-14,21-24,41-43H,3-12,15-20,25-32H2,1-2H3. The Morgan fingerprint density at radius 2 is 0.851 bits per heavy atom. The first-order valence-corrected chi connectivity index (χ1v) is 18.9. The van der Waals surface area contributed by atoms with Crippen molar-refractivity contribution >= 4 is 11.6 Å². The maximum absolute atomic E-state index is 13.7. The Morgan fingerprint density at radius 1 is 0.447 bits per heavy atom. The lowest BCUT2D eigenvalue weighted by Gasteiger charge is -2.23. The average Bonchev–Trinajstić information content (AvgIpc) is 3.09. The van der Waals surface area contributed by atoms with E-state index < -0.39 is 0 Å². The van der Waals surface area contributed by atoms with Gasteiger partial charge in [0.15, 0.2) is 11.6 Å². The zero-order chi connectivity index (χ0) is 33.4. The molecule has 0 heterocycles. The van der Waals surface area contributed by atoms with Gasteiger partial charge in [-0.2, -0.15) is 0 Å². The number of hydrogen-bond acceptors (Lipinski definition) is 7. The number of unbranched alkanes of at least 4 members (excludes halogenated alkanes) is 11. The van der Waals surface area contributed by atoms with E-state index in [9.17, 15) is 9.59 Å². The highest BCUT2D eigenvalue weighted by Crippen LogP contribution is 2.38. The van der Waals surface area contributed by atoms with Gasteiger partial charge in [-0.15, -0.1) is 0 Å². The van der Waals surface area contributed by atoms with Gasteiger partial charge in [-0.05, 0) is 96.3 Å². The predicted octanol–water partition coefficient (Wildman–Crippen LogP) is 8.27. The van der Waals surface area contributed by atoms with Crippen LogP contribution in [0, 0.1) is 0 Å². The molecule has 1 aliphatic rings. The van der Waals surface area contributed by atoms with Gasteiger partial charge < -0.3 is 25.4 Å². The highest BCUT2D eigenvalue weighted by Gasteiger charge is 2.35. The molecule has 0 atom stereocenters. The van der Waals surface area contributed by atoms with Gasteiger partial charge in [-0.3, -0.25) is 9.59 Å². The number of benzene rings is 2. The number of ketones is 2. The van der Waals surface area contributed by atoms with Crippen LogP contribution in [0.25, 0.3) is 0 Å². The Bertz CT molecular complexity index is 1170. The molecular weight excluding hydrogens is 586 g/mol. The fraction of sp³-hybridized carbons (Fsp3) is 0.650. The number of carbonyl (C=O) groups excluding carboxylic acids is 2. The Kier molecular flexibility index (Phi) is 20.1. The van der Waals surface area contributed by atoms with Gasteiger partial charge in [0.25, 0.3) is 0 Å². The van der Waals surface area contributed by atoms with Crippen molar-refractivity contribution in [1.29, 1.82) is 0 Å². The summed E-state index contributed by atoms with van der Waals surface area (Å²) in [4.78, 5) is 27.3. The molecule has 3 N–H and O–H groups in total. The van der Waals surface area contributed by atoms with Crippen LogP contribution in [0.1, 0.15) is 148 Å². The molecule has 0 amide bonds. The van der Waals surface area contributed by atoms with Crippen LogP contribution in [-0.2, 0) is 0 Å². The fourth-order valence-corrected chi connectivity index (χ4v) is 6.10. The number of fused-ring (bicyclic) bond motifs is 2. The van der Waals surface area contributed by atoms with Crippen LogP contribution in [0.5, 0.6) is 11.5 Å². The van der Waals surface area contributed by atoms with Gasteiger partial charge in [-0.1, -0.05) is 95.9 Å². The fourth-order valence-electron chi connectivity index (χ4n) is 6.10. The molecule has 0 bridgehead atoms. The van der Waals surface area contributed by atoms with Crippen molar-refractivity contribution in [3.8, 4) is 11.5 Å². The molecule has 0 saturated carbocycles. The van der Waals surface area contributed by atoms with Crippen LogP contribution >= 0.6 is 0 Å². The van der Waals surface area contributed by atoms with E-state index in [0.717, 1.165) is 71.4 Å². The van der Waals surface area contributed by atoms with Gasteiger partial charge in [0.2, 0.25) is 0 Å². The average molecular weight is 650 g/mol. The molecule has 0 fully saturated rings. The summed E-state index contributed by atoms with van der Waals surface area (Å²) in [6.45, 7) is 11.8. The quantitative estimate of drug-likeness (QED) is 0.0653. The largest absolute Gasteiger partial charge is 0.493 e. The molecule has 1 aliphatic carbocycles. The summed E-state index contributed by atoms with van der Waals surface area (Å²) in [7, 11) is 0. The number of carbonyl (C=O) groups is 2. The summed E-state index contributed by atoms with van der Waals surface area (Å²) in [5.41, 5.74) is 1.56. The van der Waals surface area contributed by atoms with Gasteiger partial charge in [0.1, 0.15) is 11.5 Å². The monoisotopic (exact) mass is 649 g/mol. The summed E-state index contributed by atoms with van der Waals surface area (Å²) in [6.07, 6.45) is 19.1. The van der Waals surface area contributed by atoms with Crippen LogP contribution in [0.15, 0.2) is 36.4 Å². The third kappa shape index (κ3) is 14.1. The van der Waals surface area contributed by atoms with E-state index in [4.69, 9.17) is 9.47 Å². The first-order valence-electron chi connectivity index (χ1n) is 18.9. The van der Waals surface area contributed by atoms with E-state index >= 15 is 0 Å². The second-order valence-electron chi connectivity index (χ2n) is 12.9. The van der Waals surface area contributed by atoms with Crippen LogP contribution in [0.4, 0.5) is 0 Å². The first-order chi connectivity index (χ1) is 23.2. The Hall–Kier alpha value is -2.74. The minimum Gasteiger partial charge on any atom is -0.493 e. The zero-order valence-corrected chi connectivity index (χ0v) is 29.6. The summed E-state index contributed by atoms with van der Waals surface area (Å²) >= 11 is 0. The molecule has 7 heteroatoms. The van der Waals surface area contributed by atoms with Gasteiger partial charge in [-0.25, -0.2) is 0 Å². The van der Waals surface area contributed by atoms with E-state index in [1.807, 2.05) is 6.07 Å². The van der Waals surface area contributed by atoms with Gasteiger partial charge >= 0.3 is 0 Å². The number of nitrogens with one attached hydrogen (secondary N) is 3. The second kappa shape index (κ2) is 24.4. The zero-order valence-electron chi connectivity index (χ0n) is 29.6. The maximum Gasteiger partial charge on any atom is 0.198 e. The first kappa shape index (κ1) is 38.7. The Labute approximate surface area is 285 Å². The summed E-state index contributed by atoms with van der Waals surface area (Å²) in [6, 6.07) is 10.7. The molecule has 3 rings (SSSR count). The third-order valence-electron chi connectivity index (χ3n) is 8.85. The van der Waals surface area contributed by atoms with Crippen molar-refractivity contribution < 1.29 is 19.1 Å². The van der Waals surface area contributed by atoms with E-state index in [1.165, 1.54) is 70.6 Å². The molecule has 0 radical (unpaired) electrons. The smallest absolute Gasteiger partial charge is 0.198 e. The molecule has 7 nitrogen and oxygen atoms in total. The van der Waals surface area contributed by atoms with Crippen molar-refractivity contribution in [2.75, 3.05) is 52.5 Å². The molecule has 47 heavy (non-hydrogen) atoms. The molecule has 0 unspecified atom stereocenters. The summed E-state index contributed by atoms with van der Waals surface area (Å²) < 4.78 is 12.3. The van der Waals surface area contributed by atoms with Crippen LogP contribution < -0.4 is 25.4 Å². The minimum atomic E-state index is -0.168. The molecule has 2 aromatic carbocycles. The molecule has 2 aromatic rings. The van der Waals surface area contributed by atoms with Crippen molar-refractivity contribution in [2.24, 2.45) is 0 Å². The maximum atomic E-state index is 13.7. The SMILES string of the molecule is CCCCCCCCCCCCOc1ccc(OCCCCNCCCNCCCCNCCC)c2c1C(=O)c1ccccc1C2=O. The topological polar surface area (TPSA) is 88.7 Å². The lowest BCUT2D eigenvalue weighted by Crippen LogP contribution is -2.24. The molecular formula is C40H63N3O4. The van der Waals surface area contributed by atoms with Crippen molar-refractivity contribution in [3.05, 3.63) is 58.7 Å². The van der Waals surface area contributed by atoms with Crippen LogP contribution in [0.3, 0.4) is 0 Å². The minimum absolute atomic E-state index is 0.165. The van der Waals surface area contributed by atoms with E-state index in [0.29, 0.717) is 47.0 Å². The van der Waals surface area contributed by atoms with Gasteiger partial charge in [0.05, 0.1) is 24.3 Å². The molecule has 0 saturated heterocycles. The van der Waals surface area contributed by atoms with E-state index in [1.54, 1.807) is 30.3 Å². The third-order valence-corrected chi connectivity index (χ3v) is 8.85. The normalized spacial score (nSPS) is 12.3.